The Labute approximate surface area is 108 Å². The van der Waals surface area contributed by atoms with Crippen LogP contribution in [0.1, 0.15) is 24.0 Å². The first-order valence-electron chi connectivity index (χ1n) is 6.29. The number of thioether (sulfide) groups is 1. The van der Waals surface area contributed by atoms with Gasteiger partial charge < -0.3 is 10.4 Å². The van der Waals surface area contributed by atoms with Crippen molar-refractivity contribution >= 4 is 11.8 Å². The van der Waals surface area contributed by atoms with Crippen LogP contribution in [0.2, 0.25) is 0 Å². The Bertz CT molecular complexity index is 352. The highest BCUT2D eigenvalue weighted by Gasteiger charge is 2.21. The van der Waals surface area contributed by atoms with E-state index in [9.17, 15) is 5.11 Å². The van der Waals surface area contributed by atoms with Gasteiger partial charge in [0.2, 0.25) is 0 Å². The van der Waals surface area contributed by atoms with E-state index < -0.39 is 0 Å². The molecule has 1 unspecified atom stereocenters. The molecule has 2 rings (SSSR count). The van der Waals surface area contributed by atoms with Crippen LogP contribution in [0.4, 0.5) is 0 Å². The first-order chi connectivity index (χ1) is 8.25. The third kappa shape index (κ3) is 4.70. The molecule has 3 heteroatoms. The fraction of sp³-hybridized carbons (Fsp3) is 0.571. The minimum atomic E-state index is -0.218. The molecule has 0 aliphatic heterocycles. The summed E-state index contributed by atoms with van der Waals surface area (Å²) >= 11 is 1.81. The van der Waals surface area contributed by atoms with E-state index in [2.05, 4.69) is 36.5 Å². The first-order valence-corrected chi connectivity index (χ1v) is 7.45. The quantitative estimate of drug-likeness (QED) is 0.780. The Balaban J connectivity index is 1.62. The van der Waals surface area contributed by atoms with Crippen LogP contribution < -0.4 is 5.32 Å². The van der Waals surface area contributed by atoms with Crippen molar-refractivity contribution in [2.24, 2.45) is 0 Å². The topological polar surface area (TPSA) is 32.3 Å². The molecule has 1 aliphatic carbocycles. The van der Waals surface area contributed by atoms with Gasteiger partial charge in [-0.25, -0.2) is 0 Å². The van der Waals surface area contributed by atoms with E-state index >= 15 is 0 Å². The second-order valence-electron chi connectivity index (χ2n) is 4.78. The van der Waals surface area contributed by atoms with Crippen LogP contribution in [-0.4, -0.2) is 29.5 Å². The van der Waals surface area contributed by atoms with Gasteiger partial charge in [-0.2, -0.15) is 11.8 Å². The fourth-order valence-electron chi connectivity index (χ4n) is 1.73. The Morgan fingerprint density at radius 3 is 2.88 bits per heavy atom. The van der Waals surface area contributed by atoms with Gasteiger partial charge in [-0.15, -0.1) is 0 Å². The van der Waals surface area contributed by atoms with E-state index in [4.69, 9.17) is 0 Å². The summed E-state index contributed by atoms with van der Waals surface area (Å²) in [4.78, 5) is 0. The third-order valence-corrected chi connectivity index (χ3v) is 4.18. The van der Waals surface area contributed by atoms with Crippen LogP contribution in [-0.2, 0) is 5.75 Å². The van der Waals surface area contributed by atoms with Gasteiger partial charge in [0, 0.05) is 24.1 Å². The zero-order valence-corrected chi connectivity index (χ0v) is 11.2. The second-order valence-corrected chi connectivity index (χ2v) is 5.81. The minimum Gasteiger partial charge on any atom is -0.391 e. The van der Waals surface area contributed by atoms with E-state index in [1.807, 2.05) is 11.8 Å². The number of hydrogen-bond donors (Lipinski definition) is 2. The molecule has 1 aromatic rings. The van der Waals surface area contributed by atoms with Gasteiger partial charge in [-0.1, -0.05) is 24.3 Å². The van der Waals surface area contributed by atoms with Crippen molar-refractivity contribution in [1.82, 2.24) is 5.32 Å². The molecule has 1 saturated carbocycles. The van der Waals surface area contributed by atoms with Gasteiger partial charge in [0.1, 0.15) is 0 Å². The Hall–Kier alpha value is -0.510. The summed E-state index contributed by atoms with van der Waals surface area (Å²) < 4.78 is 0. The summed E-state index contributed by atoms with van der Waals surface area (Å²) in [5.74, 6) is 1.81. The molecule has 0 spiro atoms. The molecule has 0 heterocycles. The minimum absolute atomic E-state index is 0.218. The maximum absolute atomic E-state index is 9.79. The number of nitrogens with one attached hydrogen (secondary N) is 1. The second kappa shape index (κ2) is 6.43. The van der Waals surface area contributed by atoms with Crippen LogP contribution in [0.5, 0.6) is 0 Å². The highest BCUT2D eigenvalue weighted by atomic mass is 32.2. The van der Waals surface area contributed by atoms with E-state index in [-0.39, 0.29) is 6.10 Å². The van der Waals surface area contributed by atoms with Crippen molar-refractivity contribution < 1.29 is 5.11 Å². The molecule has 1 fully saturated rings. The van der Waals surface area contributed by atoms with E-state index in [1.165, 1.54) is 24.0 Å². The normalized spacial score (nSPS) is 17.1. The molecule has 2 nitrogen and oxygen atoms in total. The van der Waals surface area contributed by atoms with Gasteiger partial charge >= 0.3 is 0 Å². The monoisotopic (exact) mass is 251 g/mol. The molecule has 0 amide bonds. The molecule has 0 radical (unpaired) electrons. The van der Waals surface area contributed by atoms with Crippen LogP contribution in [0.3, 0.4) is 0 Å². The summed E-state index contributed by atoms with van der Waals surface area (Å²) in [6.45, 7) is 2.88. The molecule has 94 valence electrons. The Morgan fingerprint density at radius 2 is 2.18 bits per heavy atom. The summed E-state index contributed by atoms with van der Waals surface area (Å²) in [6.07, 6.45) is 2.34. The number of rotatable bonds is 7. The van der Waals surface area contributed by atoms with Crippen LogP contribution in [0, 0.1) is 6.92 Å². The number of aryl methyl sites for hydroxylation is 1. The van der Waals surface area contributed by atoms with Gasteiger partial charge in [-0.3, -0.25) is 0 Å². The maximum atomic E-state index is 9.79. The zero-order valence-electron chi connectivity index (χ0n) is 10.4. The third-order valence-electron chi connectivity index (χ3n) is 3.05. The zero-order chi connectivity index (χ0) is 12.1. The van der Waals surface area contributed by atoms with Crippen molar-refractivity contribution in [2.75, 3.05) is 12.3 Å². The molecular weight excluding hydrogens is 230 g/mol. The highest BCUT2D eigenvalue weighted by Crippen LogP contribution is 2.19. The molecule has 17 heavy (non-hydrogen) atoms. The molecule has 1 aliphatic rings. The molecular formula is C14H21NOS. The predicted molar refractivity (Wildman–Crippen MR) is 74.4 cm³/mol. The van der Waals surface area contributed by atoms with E-state index in [0.717, 1.165) is 18.1 Å². The molecule has 0 aromatic heterocycles. The van der Waals surface area contributed by atoms with Crippen LogP contribution in [0.15, 0.2) is 24.3 Å². The lowest BCUT2D eigenvalue weighted by molar-refractivity contribution is 0.195. The van der Waals surface area contributed by atoms with Gasteiger partial charge in [0.05, 0.1) is 6.10 Å². The lowest BCUT2D eigenvalue weighted by atomic mass is 10.1. The largest absolute Gasteiger partial charge is 0.391 e. The first kappa shape index (κ1) is 12.9. The van der Waals surface area contributed by atoms with Crippen molar-refractivity contribution in [3.8, 4) is 0 Å². The van der Waals surface area contributed by atoms with Crippen molar-refractivity contribution in [1.29, 1.82) is 0 Å². The molecule has 0 bridgehead atoms. The molecule has 1 aromatic carbocycles. The summed E-state index contributed by atoms with van der Waals surface area (Å²) in [5.41, 5.74) is 2.71. The average Bonchev–Trinajstić information content (AvgIpc) is 3.13. The lowest BCUT2D eigenvalue weighted by Crippen LogP contribution is -2.29. The molecule has 1 atom stereocenters. The fourth-order valence-corrected chi connectivity index (χ4v) is 2.78. The summed E-state index contributed by atoms with van der Waals surface area (Å²) in [6, 6.07) is 9.13. The van der Waals surface area contributed by atoms with Crippen molar-refractivity contribution in [2.45, 2.75) is 37.7 Å². The number of aliphatic hydroxyl groups is 1. The van der Waals surface area contributed by atoms with E-state index in [1.54, 1.807) is 0 Å². The summed E-state index contributed by atoms with van der Waals surface area (Å²) in [5, 5.41) is 13.1. The molecule has 2 N–H and O–H groups in total. The molecule has 0 saturated heterocycles. The average molecular weight is 251 g/mol. The van der Waals surface area contributed by atoms with Crippen LogP contribution >= 0.6 is 11.8 Å². The van der Waals surface area contributed by atoms with Gasteiger partial charge in [0.25, 0.3) is 0 Å². The van der Waals surface area contributed by atoms with Gasteiger partial charge in [0.15, 0.2) is 0 Å². The number of benzene rings is 1. The van der Waals surface area contributed by atoms with Crippen molar-refractivity contribution in [3.63, 3.8) is 0 Å². The highest BCUT2D eigenvalue weighted by molar-refractivity contribution is 7.98. The predicted octanol–water partition coefficient (Wildman–Crippen LogP) is 2.34. The maximum Gasteiger partial charge on any atom is 0.0755 e. The van der Waals surface area contributed by atoms with Crippen LogP contribution in [0.25, 0.3) is 0 Å². The van der Waals surface area contributed by atoms with Crippen molar-refractivity contribution in [3.05, 3.63) is 35.4 Å². The summed E-state index contributed by atoms with van der Waals surface area (Å²) in [7, 11) is 0. The standard InChI is InChI=1S/C14H21NOS/c1-11-4-2-3-5-12(11)9-17-10-14(16)8-15-13-6-7-13/h2-5,13-16H,6-10H2,1H3. The smallest absolute Gasteiger partial charge is 0.0755 e. The number of hydrogen-bond acceptors (Lipinski definition) is 3. The Morgan fingerprint density at radius 1 is 1.41 bits per heavy atom. The van der Waals surface area contributed by atoms with Gasteiger partial charge in [-0.05, 0) is 30.9 Å². The van der Waals surface area contributed by atoms with E-state index in [0.29, 0.717) is 6.04 Å². The number of aliphatic hydroxyl groups excluding tert-OH is 1. The SMILES string of the molecule is Cc1ccccc1CSCC(O)CNC1CC1. The lowest BCUT2D eigenvalue weighted by Gasteiger charge is -2.11. The Kier molecular flexibility index (Phi) is 4.89.